The average Bonchev–Trinajstić information content (AvgIpc) is 2.52. The summed E-state index contributed by atoms with van der Waals surface area (Å²) in [5.41, 5.74) is 2.29. The van der Waals surface area contributed by atoms with Gasteiger partial charge in [-0.05, 0) is 42.4 Å². The molecule has 0 radical (unpaired) electrons. The molecule has 0 heterocycles. The van der Waals surface area contributed by atoms with Crippen LogP contribution in [0.15, 0.2) is 53.0 Å². The molecule has 3 nitrogen and oxygen atoms in total. The zero-order chi connectivity index (χ0) is 15.1. The highest BCUT2D eigenvalue weighted by atomic mass is 79.9. The van der Waals surface area contributed by atoms with Crippen molar-refractivity contribution in [2.24, 2.45) is 0 Å². The molecule has 112 valence electrons. The molecule has 21 heavy (non-hydrogen) atoms. The van der Waals surface area contributed by atoms with Crippen molar-refractivity contribution >= 4 is 15.9 Å². The number of benzene rings is 2. The number of rotatable bonds is 7. The van der Waals surface area contributed by atoms with Crippen LogP contribution in [0.25, 0.3) is 0 Å². The van der Waals surface area contributed by atoms with E-state index in [0.717, 1.165) is 27.9 Å². The highest BCUT2D eigenvalue weighted by molar-refractivity contribution is 9.10. The summed E-state index contributed by atoms with van der Waals surface area (Å²) in [6.45, 7) is 1.34. The lowest BCUT2D eigenvalue weighted by Crippen LogP contribution is -2.19. The van der Waals surface area contributed by atoms with Gasteiger partial charge in [0.2, 0.25) is 0 Å². The van der Waals surface area contributed by atoms with Gasteiger partial charge in [-0.2, -0.15) is 0 Å². The summed E-state index contributed by atoms with van der Waals surface area (Å²) in [6, 6.07) is 16.2. The van der Waals surface area contributed by atoms with Gasteiger partial charge < -0.3 is 14.8 Å². The van der Waals surface area contributed by atoms with Crippen molar-refractivity contribution in [3.8, 4) is 5.75 Å². The van der Waals surface area contributed by atoms with Crippen molar-refractivity contribution < 1.29 is 9.47 Å². The summed E-state index contributed by atoms with van der Waals surface area (Å²) in [5, 5.41) is 3.18. The van der Waals surface area contributed by atoms with Crippen LogP contribution in [0.1, 0.15) is 17.2 Å². The van der Waals surface area contributed by atoms with Crippen molar-refractivity contribution in [2.75, 3.05) is 20.7 Å². The maximum Gasteiger partial charge on any atom is 0.118 e. The van der Waals surface area contributed by atoms with Gasteiger partial charge in [-0.15, -0.1) is 0 Å². The summed E-state index contributed by atoms with van der Waals surface area (Å²) in [6.07, 6.45) is 0.0228. The Hall–Kier alpha value is -1.36. The van der Waals surface area contributed by atoms with E-state index in [-0.39, 0.29) is 6.10 Å². The predicted molar refractivity (Wildman–Crippen MR) is 88.6 cm³/mol. The molecule has 0 saturated heterocycles. The molecular formula is C17H20BrNO2. The largest absolute Gasteiger partial charge is 0.497 e. The Labute approximate surface area is 134 Å². The molecule has 1 N–H and O–H groups in total. The number of methoxy groups -OCH3 is 1. The van der Waals surface area contributed by atoms with E-state index in [0.29, 0.717) is 6.61 Å². The minimum Gasteiger partial charge on any atom is -0.497 e. The molecule has 2 aromatic rings. The summed E-state index contributed by atoms with van der Waals surface area (Å²) in [7, 11) is 3.60. The molecule has 0 fully saturated rings. The van der Waals surface area contributed by atoms with Crippen molar-refractivity contribution in [1.82, 2.24) is 5.32 Å². The third-order valence-electron chi connectivity index (χ3n) is 3.22. The van der Waals surface area contributed by atoms with Crippen LogP contribution in [0.5, 0.6) is 5.75 Å². The van der Waals surface area contributed by atoms with E-state index in [9.17, 15) is 0 Å². The summed E-state index contributed by atoms with van der Waals surface area (Å²) >= 11 is 3.50. The van der Waals surface area contributed by atoms with Crippen molar-refractivity contribution in [1.29, 1.82) is 0 Å². The SMILES string of the molecule is CNCC(OCc1ccc(OC)cc1)c1cccc(Br)c1. The van der Waals surface area contributed by atoms with Crippen LogP contribution in [0, 0.1) is 0 Å². The van der Waals surface area contributed by atoms with Crippen LogP contribution < -0.4 is 10.1 Å². The monoisotopic (exact) mass is 349 g/mol. The van der Waals surface area contributed by atoms with E-state index in [1.54, 1.807) is 7.11 Å². The van der Waals surface area contributed by atoms with Crippen LogP contribution >= 0.6 is 15.9 Å². The van der Waals surface area contributed by atoms with Gasteiger partial charge in [0.15, 0.2) is 0 Å². The Kier molecular flexibility index (Phi) is 6.23. The number of likely N-dealkylation sites (N-methyl/N-ethyl adjacent to an activating group) is 1. The molecule has 0 bridgehead atoms. The quantitative estimate of drug-likeness (QED) is 0.821. The first-order valence-electron chi connectivity index (χ1n) is 6.87. The molecule has 0 aromatic heterocycles. The first kappa shape index (κ1) is 16.0. The van der Waals surface area contributed by atoms with Gasteiger partial charge in [0.25, 0.3) is 0 Å². The number of halogens is 1. The van der Waals surface area contributed by atoms with Crippen LogP contribution in [-0.4, -0.2) is 20.7 Å². The van der Waals surface area contributed by atoms with Gasteiger partial charge in [0.05, 0.1) is 19.8 Å². The van der Waals surface area contributed by atoms with Gasteiger partial charge in [-0.1, -0.05) is 40.2 Å². The standard InChI is InChI=1S/C17H20BrNO2/c1-19-11-17(14-4-3-5-15(18)10-14)21-12-13-6-8-16(20-2)9-7-13/h3-10,17,19H,11-12H2,1-2H3. The topological polar surface area (TPSA) is 30.5 Å². The predicted octanol–water partition coefficient (Wildman–Crippen LogP) is 3.94. The van der Waals surface area contributed by atoms with Gasteiger partial charge in [0.1, 0.15) is 5.75 Å². The van der Waals surface area contributed by atoms with Crippen LogP contribution in [0.4, 0.5) is 0 Å². The molecule has 0 aliphatic carbocycles. The van der Waals surface area contributed by atoms with E-state index in [4.69, 9.17) is 9.47 Å². The lowest BCUT2D eigenvalue weighted by molar-refractivity contribution is 0.0410. The minimum absolute atomic E-state index is 0.0228. The fourth-order valence-corrected chi connectivity index (χ4v) is 2.50. The molecule has 2 aromatic carbocycles. The average molecular weight is 350 g/mol. The molecular weight excluding hydrogens is 330 g/mol. The smallest absolute Gasteiger partial charge is 0.118 e. The molecule has 0 saturated carbocycles. The summed E-state index contributed by atoms with van der Waals surface area (Å²) < 4.78 is 12.3. The second kappa shape index (κ2) is 8.17. The van der Waals surface area contributed by atoms with Gasteiger partial charge in [0, 0.05) is 11.0 Å². The molecule has 0 aliphatic rings. The fraction of sp³-hybridized carbons (Fsp3) is 0.294. The Morgan fingerprint density at radius 2 is 1.90 bits per heavy atom. The maximum absolute atomic E-state index is 6.06. The normalized spacial score (nSPS) is 12.1. The molecule has 1 unspecified atom stereocenters. The number of ether oxygens (including phenoxy) is 2. The van der Waals surface area contributed by atoms with E-state index in [1.165, 1.54) is 0 Å². The Morgan fingerprint density at radius 1 is 1.14 bits per heavy atom. The van der Waals surface area contributed by atoms with E-state index in [2.05, 4.69) is 33.4 Å². The fourth-order valence-electron chi connectivity index (χ4n) is 2.08. The first-order chi connectivity index (χ1) is 10.2. The highest BCUT2D eigenvalue weighted by Gasteiger charge is 2.11. The van der Waals surface area contributed by atoms with Gasteiger partial charge >= 0.3 is 0 Å². The third kappa shape index (κ3) is 4.84. The number of nitrogens with one attached hydrogen (secondary N) is 1. The number of hydrogen-bond acceptors (Lipinski definition) is 3. The van der Waals surface area contributed by atoms with Gasteiger partial charge in [-0.3, -0.25) is 0 Å². The second-order valence-electron chi connectivity index (χ2n) is 4.76. The van der Waals surface area contributed by atoms with Crippen LogP contribution in [-0.2, 0) is 11.3 Å². The lowest BCUT2D eigenvalue weighted by Gasteiger charge is -2.18. The molecule has 2 rings (SSSR count). The Bertz CT molecular complexity index is 557. The minimum atomic E-state index is 0.0228. The Balaban J connectivity index is 2.02. The Morgan fingerprint density at radius 3 is 2.52 bits per heavy atom. The highest BCUT2D eigenvalue weighted by Crippen LogP contribution is 2.22. The van der Waals surface area contributed by atoms with Crippen LogP contribution in [0.3, 0.4) is 0 Å². The molecule has 0 aliphatic heterocycles. The van der Waals surface area contributed by atoms with Crippen molar-refractivity contribution in [3.63, 3.8) is 0 Å². The van der Waals surface area contributed by atoms with E-state index >= 15 is 0 Å². The second-order valence-corrected chi connectivity index (χ2v) is 5.68. The summed E-state index contributed by atoms with van der Waals surface area (Å²) in [5.74, 6) is 0.859. The van der Waals surface area contributed by atoms with Gasteiger partial charge in [-0.25, -0.2) is 0 Å². The zero-order valence-electron chi connectivity index (χ0n) is 12.3. The maximum atomic E-state index is 6.06. The first-order valence-corrected chi connectivity index (χ1v) is 7.67. The molecule has 4 heteroatoms. The third-order valence-corrected chi connectivity index (χ3v) is 3.71. The lowest BCUT2D eigenvalue weighted by atomic mass is 10.1. The molecule has 1 atom stereocenters. The molecule has 0 spiro atoms. The summed E-state index contributed by atoms with van der Waals surface area (Å²) in [4.78, 5) is 0. The van der Waals surface area contributed by atoms with E-state index < -0.39 is 0 Å². The molecule has 0 amide bonds. The van der Waals surface area contributed by atoms with Crippen molar-refractivity contribution in [3.05, 3.63) is 64.1 Å². The van der Waals surface area contributed by atoms with Crippen LogP contribution in [0.2, 0.25) is 0 Å². The number of hydrogen-bond donors (Lipinski definition) is 1. The van der Waals surface area contributed by atoms with E-state index in [1.807, 2.05) is 43.4 Å². The van der Waals surface area contributed by atoms with Crippen molar-refractivity contribution in [2.45, 2.75) is 12.7 Å². The zero-order valence-corrected chi connectivity index (χ0v) is 13.9.